The molecule has 0 fully saturated rings. The SMILES string of the molecule is c1ccc(-c2c3ccccc3c(-c3ccc(-n4c5ccccc5c5c6oc7ccccc7c6ccc54)cc3)c3ccccc23)cc1.c1ccc(-c2c3ccccc3c(-c3ccc4c(c3)sc3c4ccc4c5ccccc5oc43)c3ccccc23)cc1.c1ccc(-c2cccc(-c3c4ccccc4c(-c4cccc5ccc(-c6ccccc6)cc45)c4ccccc34)c2)cc1. The maximum absolute atomic E-state index is 6.51. The van der Waals surface area contributed by atoms with Crippen molar-refractivity contribution in [2.45, 2.75) is 0 Å². The Hall–Kier alpha value is -16.5. The summed E-state index contributed by atoms with van der Waals surface area (Å²) in [5, 5.41) is 27.3. The largest absolute Gasteiger partial charge is 0.455 e. The Morgan fingerprint density at radius 2 is 0.523 bits per heavy atom. The molecule has 4 heterocycles. The van der Waals surface area contributed by atoms with Gasteiger partial charge in [-0.2, -0.15) is 0 Å². The van der Waals surface area contributed by atoms with E-state index in [1.807, 2.05) is 23.5 Å². The Balaban J connectivity index is 0.000000104. The first kappa shape index (κ1) is 74.2. The quantitative estimate of drug-likeness (QED) is 0.135. The van der Waals surface area contributed by atoms with Crippen molar-refractivity contribution in [2.75, 3.05) is 0 Å². The summed E-state index contributed by atoms with van der Waals surface area (Å²) >= 11 is 1.83. The maximum Gasteiger partial charge on any atom is 0.153 e. The molecule has 4 heteroatoms. The summed E-state index contributed by atoms with van der Waals surface area (Å²) in [4.78, 5) is 0. The van der Waals surface area contributed by atoms with Crippen LogP contribution in [0.25, 0.3) is 256 Å². The van der Waals surface area contributed by atoms with Gasteiger partial charge in [0.1, 0.15) is 16.7 Å². The molecule has 0 spiro atoms. The van der Waals surface area contributed by atoms with Gasteiger partial charge in [-0.3, -0.25) is 0 Å². The maximum atomic E-state index is 6.51. The molecule has 0 aliphatic rings. The zero-order chi connectivity index (χ0) is 84.3. The molecule has 0 radical (unpaired) electrons. The second kappa shape index (κ2) is 30.8. The minimum Gasteiger partial charge on any atom is -0.455 e. The minimum atomic E-state index is 0.920. The van der Waals surface area contributed by atoms with Gasteiger partial charge in [0, 0.05) is 48.1 Å². The Morgan fingerprint density at radius 1 is 0.180 bits per heavy atom. The molecule has 0 saturated carbocycles. The van der Waals surface area contributed by atoms with Crippen LogP contribution in [-0.2, 0) is 0 Å². The Morgan fingerprint density at radius 3 is 1.03 bits per heavy atom. The van der Waals surface area contributed by atoms with E-state index >= 15 is 0 Å². The first-order valence-electron chi connectivity index (χ1n) is 43.9. The van der Waals surface area contributed by atoms with Crippen LogP contribution in [0.5, 0.6) is 0 Å². The van der Waals surface area contributed by atoms with Gasteiger partial charge in [-0.15, -0.1) is 11.3 Å². The Kier molecular flexibility index (Phi) is 17.8. The smallest absolute Gasteiger partial charge is 0.153 e. The van der Waals surface area contributed by atoms with Crippen molar-refractivity contribution in [1.82, 2.24) is 4.57 Å². The van der Waals surface area contributed by atoms with E-state index in [0.717, 1.165) is 49.7 Å². The van der Waals surface area contributed by atoms with E-state index in [2.05, 4.69) is 460 Å². The summed E-state index contributed by atoms with van der Waals surface area (Å²) in [6.07, 6.45) is 0. The van der Waals surface area contributed by atoms with Crippen molar-refractivity contribution in [3.05, 3.63) is 467 Å². The van der Waals surface area contributed by atoms with Gasteiger partial charge >= 0.3 is 0 Å². The molecule has 23 aromatic carbocycles. The lowest BCUT2D eigenvalue weighted by atomic mass is 9.84. The van der Waals surface area contributed by atoms with Gasteiger partial charge in [-0.05, 0) is 231 Å². The van der Waals surface area contributed by atoms with Crippen molar-refractivity contribution >= 4 is 173 Å². The Labute approximate surface area is 742 Å². The van der Waals surface area contributed by atoms with Crippen LogP contribution in [0.2, 0.25) is 0 Å². The second-order valence-corrected chi connectivity index (χ2v) is 34.4. The molecule has 128 heavy (non-hydrogen) atoms. The first-order valence-corrected chi connectivity index (χ1v) is 44.7. The number of hydrogen-bond acceptors (Lipinski definition) is 3. The van der Waals surface area contributed by atoms with Crippen LogP contribution in [0.4, 0.5) is 0 Å². The fourth-order valence-corrected chi connectivity index (χ4v) is 21.9. The van der Waals surface area contributed by atoms with E-state index in [1.54, 1.807) is 0 Å². The molecule has 3 nitrogen and oxygen atoms in total. The number of furan rings is 2. The van der Waals surface area contributed by atoms with Gasteiger partial charge in [0.15, 0.2) is 5.58 Å². The lowest BCUT2D eigenvalue weighted by molar-refractivity contribution is 0.672. The molecule has 0 aliphatic heterocycles. The highest BCUT2D eigenvalue weighted by atomic mass is 32.1. The van der Waals surface area contributed by atoms with Crippen LogP contribution in [0.15, 0.2) is 476 Å². The first-order chi connectivity index (χ1) is 63.5. The molecule has 0 unspecified atom stereocenters. The molecule has 0 aliphatic carbocycles. The van der Waals surface area contributed by atoms with Crippen LogP contribution in [0.1, 0.15) is 0 Å². The standard InChI is InChI=1S/C44H27NO.C42H28.C38H22OS/c1-2-12-28(13-3-1)41-32-15-4-6-17-34(32)42(35-18-7-5-16-33(35)41)29-22-24-30(25-23-29)45-38-20-10-8-19-37(38)43-39(45)27-26-36-31-14-9-11-21-40(31)46-44(36)43;1-3-13-29(14-4-1)32-18-11-19-34(27-32)41-35-20-7-9-22-37(35)42(38-23-10-8-21-36(38)41)39-24-12-17-31-25-26-33(28-40(31)39)30-15-5-2-6-16-30;1-2-10-23(11-3-1)35-27-13-4-6-15-29(27)36(30-16-7-5-14-28(30)35)24-18-19-26-32-21-20-31-25-12-8-9-17-33(25)39-37(31)38(32)40-34(26)22-24/h1-27H;1-28H;1-22H. The number of thiophene rings is 1. The summed E-state index contributed by atoms with van der Waals surface area (Å²) in [6, 6.07) is 169. The minimum absolute atomic E-state index is 0.920. The third-order valence-corrected chi connectivity index (χ3v) is 27.5. The molecule has 0 atom stereocenters. The zero-order valence-electron chi connectivity index (χ0n) is 69.6. The third kappa shape index (κ3) is 12.2. The van der Waals surface area contributed by atoms with E-state index < -0.39 is 0 Å². The predicted octanol–water partition coefficient (Wildman–Crippen LogP) is 35.7. The fourth-order valence-electron chi connectivity index (χ4n) is 20.7. The third-order valence-electron chi connectivity index (χ3n) is 26.3. The van der Waals surface area contributed by atoms with E-state index in [-0.39, 0.29) is 0 Å². The molecular weight excluding hydrogens is 1570 g/mol. The number of hydrogen-bond donors (Lipinski definition) is 0. The molecule has 0 N–H and O–H groups in total. The van der Waals surface area contributed by atoms with Crippen LogP contribution < -0.4 is 0 Å². The number of rotatable bonds is 9. The van der Waals surface area contributed by atoms with E-state index in [9.17, 15) is 0 Å². The van der Waals surface area contributed by atoms with E-state index in [0.29, 0.717) is 0 Å². The number of aromatic nitrogens is 1. The summed E-state index contributed by atoms with van der Waals surface area (Å²) in [5.74, 6) is 0. The van der Waals surface area contributed by atoms with E-state index in [1.165, 1.54) is 206 Å². The molecule has 4 aromatic heterocycles. The molecule has 27 rings (SSSR count). The molecule has 596 valence electrons. The number of benzene rings is 23. The molecule has 27 aromatic rings. The second-order valence-electron chi connectivity index (χ2n) is 33.4. The van der Waals surface area contributed by atoms with Crippen molar-refractivity contribution in [2.24, 2.45) is 0 Å². The van der Waals surface area contributed by atoms with Crippen molar-refractivity contribution in [1.29, 1.82) is 0 Å². The van der Waals surface area contributed by atoms with Gasteiger partial charge in [0.25, 0.3) is 0 Å². The molecule has 0 amide bonds. The summed E-state index contributed by atoms with van der Waals surface area (Å²) in [6.45, 7) is 0. The normalized spacial score (nSPS) is 11.8. The molecule has 0 bridgehead atoms. The topological polar surface area (TPSA) is 31.2 Å². The number of para-hydroxylation sites is 3. The van der Waals surface area contributed by atoms with Gasteiger partial charge < -0.3 is 13.4 Å². The zero-order valence-corrected chi connectivity index (χ0v) is 70.4. The highest BCUT2D eigenvalue weighted by Crippen LogP contribution is 2.52. The van der Waals surface area contributed by atoms with Gasteiger partial charge in [0.05, 0.1) is 21.1 Å². The lowest BCUT2D eigenvalue weighted by Gasteiger charge is -2.19. The highest BCUT2D eigenvalue weighted by molar-refractivity contribution is 7.26. The Bertz CT molecular complexity index is 8940. The summed E-state index contributed by atoms with van der Waals surface area (Å²) < 4.78 is 17.8. The van der Waals surface area contributed by atoms with Crippen LogP contribution in [-0.4, -0.2) is 4.57 Å². The monoisotopic (exact) mass is 1640 g/mol. The molecule has 0 saturated heterocycles. The van der Waals surface area contributed by atoms with Gasteiger partial charge in [-0.25, -0.2) is 0 Å². The lowest BCUT2D eigenvalue weighted by Crippen LogP contribution is -1.94. The highest BCUT2D eigenvalue weighted by Gasteiger charge is 2.25. The number of nitrogens with zero attached hydrogens (tertiary/aromatic N) is 1. The summed E-state index contributed by atoms with van der Waals surface area (Å²) in [5.41, 5.74) is 27.3. The van der Waals surface area contributed by atoms with Crippen LogP contribution in [0, 0.1) is 0 Å². The van der Waals surface area contributed by atoms with Crippen LogP contribution in [0.3, 0.4) is 0 Å². The average molecular weight is 1650 g/mol. The van der Waals surface area contributed by atoms with Crippen LogP contribution >= 0.6 is 11.3 Å². The van der Waals surface area contributed by atoms with E-state index in [4.69, 9.17) is 8.83 Å². The molecular formula is C124H77NO2S. The predicted molar refractivity (Wildman–Crippen MR) is 547 cm³/mol. The fraction of sp³-hybridized carbons (Fsp3) is 0. The summed E-state index contributed by atoms with van der Waals surface area (Å²) in [7, 11) is 0. The van der Waals surface area contributed by atoms with Crippen molar-refractivity contribution < 1.29 is 8.83 Å². The van der Waals surface area contributed by atoms with Gasteiger partial charge in [0.2, 0.25) is 0 Å². The number of fused-ring (bicyclic) bond motifs is 21. The van der Waals surface area contributed by atoms with Crippen molar-refractivity contribution in [3.8, 4) is 94.7 Å². The van der Waals surface area contributed by atoms with Crippen molar-refractivity contribution in [3.63, 3.8) is 0 Å². The average Bonchev–Trinajstić information content (AvgIpc) is 1.69. The van der Waals surface area contributed by atoms with Gasteiger partial charge in [-0.1, -0.05) is 400 Å².